The van der Waals surface area contributed by atoms with Crippen molar-refractivity contribution in [2.24, 2.45) is 5.92 Å². The number of rotatable bonds is 6. The number of aliphatic hydroxyl groups is 1. The summed E-state index contributed by atoms with van der Waals surface area (Å²) in [6.45, 7) is 4.40. The van der Waals surface area contributed by atoms with Gasteiger partial charge in [0.1, 0.15) is 5.82 Å². The molecular weight excluding hydrogens is 279 g/mol. The maximum Gasteiger partial charge on any atom is 0.328 e. The first-order chi connectivity index (χ1) is 9.78. The number of ether oxygens (including phenoxy) is 1. The largest absolute Gasteiger partial charge is 0.480 e. The molecule has 0 aliphatic heterocycles. The minimum atomic E-state index is -2.09. The number of carboxylic acids is 1. The summed E-state index contributed by atoms with van der Waals surface area (Å²) in [6.07, 6.45) is -1.07. The first kappa shape index (κ1) is 17.1. The van der Waals surface area contributed by atoms with E-state index in [0.717, 1.165) is 12.1 Å². The molecule has 116 valence electrons. The van der Waals surface area contributed by atoms with Crippen molar-refractivity contribution in [3.8, 4) is 0 Å². The maximum absolute atomic E-state index is 13.1. The van der Waals surface area contributed by atoms with E-state index in [4.69, 9.17) is 4.74 Å². The van der Waals surface area contributed by atoms with E-state index in [9.17, 15) is 24.2 Å². The molecule has 0 spiro atoms. The molecule has 0 saturated carbocycles. The molecule has 0 saturated heterocycles. The molecule has 21 heavy (non-hydrogen) atoms. The Kier molecular flexibility index (Phi) is 5.43. The van der Waals surface area contributed by atoms with Gasteiger partial charge in [0.05, 0.1) is 12.7 Å². The molecule has 1 rings (SSSR count). The van der Waals surface area contributed by atoms with E-state index in [1.807, 2.05) is 0 Å². The third-order valence-electron chi connectivity index (χ3n) is 3.64. The third-order valence-corrected chi connectivity index (χ3v) is 3.64. The van der Waals surface area contributed by atoms with Gasteiger partial charge >= 0.3 is 11.9 Å². The standard InChI is InChI=1S/C15H19FO5/c1-4-21-14(20)15(13(18)19,9(2)10(3)17)11-5-7-12(16)8-6-11/h5-10,17H,4H2,1-3H3,(H,18,19). The number of aliphatic carboxylic acids is 1. The van der Waals surface area contributed by atoms with E-state index in [-0.39, 0.29) is 12.2 Å². The number of carbonyl (C=O) groups is 2. The lowest BCUT2D eigenvalue weighted by Gasteiger charge is -2.34. The minimum Gasteiger partial charge on any atom is -0.480 e. The number of benzene rings is 1. The van der Waals surface area contributed by atoms with Crippen LogP contribution in [0.4, 0.5) is 4.39 Å². The van der Waals surface area contributed by atoms with Gasteiger partial charge in [0.25, 0.3) is 0 Å². The number of aliphatic hydroxyl groups excluding tert-OH is 1. The molecule has 1 aromatic rings. The monoisotopic (exact) mass is 298 g/mol. The van der Waals surface area contributed by atoms with Crippen LogP contribution in [-0.4, -0.2) is 34.9 Å². The van der Waals surface area contributed by atoms with Crippen molar-refractivity contribution in [3.63, 3.8) is 0 Å². The quantitative estimate of drug-likeness (QED) is 0.617. The van der Waals surface area contributed by atoms with Crippen molar-refractivity contribution in [1.29, 1.82) is 0 Å². The maximum atomic E-state index is 13.1. The number of carbonyl (C=O) groups excluding carboxylic acids is 1. The second kappa shape index (κ2) is 6.67. The van der Waals surface area contributed by atoms with Gasteiger partial charge in [-0.05, 0) is 31.5 Å². The fourth-order valence-corrected chi connectivity index (χ4v) is 2.29. The van der Waals surface area contributed by atoms with Gasteiger partial charge in [0.2, 0.25) is 0 Å². The first-order valence-corrected chi connectivity index (χ1v) is 6.63. The molecule has 0 aliphatic carbocycles. The van der Waals surface area contributed by atoms with E-state index >= 15 is 0 Å². The van der Waals surface area contributed by atoms with E-state index in [1.165, 1.54) is 26.0 Å². The molecule has 0 radical (unpaired) electrons. The lowest BCUT2D eigenvalue weighted by Crippen LogP contribution is -2.53. The van der Waals surface area contributed by atoms with Crippen LogP contribution < -0.4 is 0 Å². The van der Waals surface area contributed by atoms with Gasteiger partial charge in [-0.1, -0.05) is 19.1 Å². The molecule has 0 aromatic heterocycles. The van der Waals surface area contributed by atoms with Crippen LogP contribution in [-0.2, 0) is 19.7 Å². The summed E-state index contributed by atoms with van der Waals surface area (Å²) in [6, 6.07) is 4.58. The Balaban J connectivity index is 3.54. The van der Waals surface area contributed by atoms with Gasteiger partial charge in [-0.25, -0.2) is 4.39 Å². The Labute approximate surface area is 122 Å². The summed E-state index contributed by atoms with van der Waals surface area (Å²) < 4.78 is 18.0. The van der Waals surface area contributed by atoms with Crippen molar-refractivity contribution < 1.29 is 28.9 Å². The molecule has 1 aromatic carbocycles. The van der Waals surface area contributed by atoms with Crippen LogP contribution in [0.25, 0.3) is 0 Å². The average Bonchev–Trinajstić information content (AvgIpc) is 2.41. The molecule has 5 nitrogen and oxygen atoms in total. The second-order valence-corrected chi connectivity index (χ2v) is 4.87. The molecule has 0 heterocycles. The predicted molar refractivity (Wildman–Crippen MR) is 73.2 cm³/mol. The third kappa shape index (κ3) is 3.05. The van der Waals surface area contributed by atoms with Crippen LogP contribution in [0.3, 0.4) is 0 Å². The predicted octanol–water partition coefficient (Wildman–Crippen LogP) is 1.73. The molecule has 0 amide bonds. The molecule has 0 bridgehead atoms. The first-order valence-electron chi connectivity index (χ1n) is 6.63. The van der Waals surface area contributed by atoms with Gasteiger partial charge in [-0.15, -0.1) is 0 Å². The van der Waals surface area contributed by atoms with Crippen LogP contribution in [0.5, 0.6) is 0 Å². The van der Waals surface area contributed by atoms with E-state index < -0.39 is 35.2 Å². The smallest absolute Gasteiger partial charge is 0.328 e. The number of esters is 1. The summed E-state index contributed by atoms with van der Waals surface area (Å²) in [5.41, 5.74) is -2.01. The van der Waals surface area contributed by atoms with Gasteiger partial charge < -0.3 is 14.9 Å². The van der Waals surface area contributed by atoms with Gasteiger partial charge in [0, 0.05) is 5.92 Å². The van der Waals surface area contributed by atoms with Crippen molar-refractivity contribution >= 4 is 11.9 Å². The Morgan fingerprint density at radius 1 is 1.29 bits per heavy atom. The normalized spacial score (nSPS) is 16.6. The van der Waals surface area contributed by atoms with Gasteiger partial charge in [-0.3, -0.25) is 9.59 Å². The van der Waals surface area contributed by atoms with Crippen LogP contribution >= 0.6 is 0 Å². The lowest BCUT2D eigenvalue weighted by molar-refractivity contribution is -0.167. The topological polar surface area (TPSA) is 83.8 Å². The Morgan fingerprint density at radius 2 is 1.81 bits per heavy atom. The summed E-state index contributed by atoms with van der Waals surface area (Å²) in [5, 5.41) is 19.5. The Morgan fingerprint density at radius 3 is 2.19 bits per heavy atom. The molecule has 3 unspecified atom stereocenters. The van der Waals surface area contributed by atoms with Crippen LogP contribution in [0.15, 0.2) is 24.3 Å². The van der Waals surface area contributed by atoms with Crippen LogP contribution in [0, 0.1) is 11.7 Å². The van der Waals surface area contributed by atoms with E-state index in [2.05, 4.69) is 0 Å². The van der Waals surface area contributed by atoms with Crippen LogP contribution in [0.1, 0.15) is 26.3 Å². The highest BCUT2D eigenvalue weighted by Gasteiger charge is 2.55. The number of carboxylic acid groups (broad SMARTS) is 1. The molecular formula is C15H19FO5. The zero-order chi connectivity index (χ0) is 16.2. The number of hydrogen-bond acceptors (Lipinski definition) is 4. The van der Waals surface area contributed by atoms with Gasteiger partial charge in [0.15, 0.2) is 5.41 Å². The summed E-state index contributed by atoms with van der Waals surface area (Å²) in [7, 11) is 0. The van der Waals surface area contributed by atoms with Crippen molar-refractivity contribution in [2.45, 2.75) is 32.3 Å². The Bertz CT molecular complexity index is 511. The molecule has 3 atom stereocenters. The zero-order valence-corrected chi connectivity index (χ0v) is 12.2. The highest BCUT2D eigenvalue weighted by atomic mass is 19.1. The lowest BCUT2D eigenvalue weighted by atomic mass is 9.69. The summed E-state index contributed by atoms with van der Waals surface area (Å²) in [5.74, 6) is -3.93. The molecule has 2 N–H and O–H groups in total. The number of hydrogen-bond donors (Lipinski definition) is 2. The highest BCUT2D eigenvalue weighted by molar-refractivity contribution is 6.06. The molecule has 6 heteroatoms. The average molecular weight is 298 g/mol. The van der Waals surface area contributed by atoms with Crippen LogP contribution in [0.2, 0.25) is 0 Å². The van der Waals surface area contributed by atoms with E-state index in [0.29, 0.717) is 0 Å². The summed E-state index contributed by atoms with van der Waals surface area (Å²) >= 11 is 0. The molecule has 0 fully saturated rings. The van der Waals surface area contributed by atoms with Gasteiger partial charge in [-0.2, -0.15) is 0 Å². The SMILES string of the molecule is CCOC(=O)C(C(=O)O)(c1ccc(F)cc1)C(C)C(C)O. The fraction of sp³-hybridized carbons (Fsp3) is 0.467. The fourth-order valence-electron chi connectivity index (χ4n) is 2.29. The minimum absolute atomic E-state index is 0.00157. The zero-order valence-electron chi connectivity index (χ0n) is 12.2. The number of halogens is 1. The van der Waals surface area contributed by atoms with Crippen molar-refractivity contribution in [3.05, 3.63) is 35.6 Å². The second-order valence-electron chi connectivity index (χ2n) is 4.87. The highest BCUT2D eigenvalue weighted by Crippen LogP contribution is 2.36. The molecule has 0 aliphatic rings. The summed E-state index contributed by atoms with van der Waals surface area (Å²) in [4.78, 5) is 24.2. The van der Waals surface area contributed by atoms with Crippen molar-refractivity contribution in [2.75, 3.05) is 6.61 Å². The van der Waals surface area contributed by atoms with E-state index in [1.54, 1.807) is 6.92 Å². The van der Waals surface area contributed by atoms with Crippen molar-refractivity contribution in [1.82, 2.24) is 0 Å². The Hall–Kier alpha value is -1.95.